The Kier molecular flexibility index (Phi) is 6.25. The van der Waals surface area contributed by atoms with Gasteiger partial charge in [0.2, 0.25) is 5.91 Å². The number of methoxy groups -OCH3 is 2. The summed E-state index contributed by atoms with van der Waals surface area (Å²) in [7, 11) is 2.99. The highest BCUT2D eigenvalue weighted by Gasteiger charge is 2.47. The third kappa shape index (κ3) is 4.53. The fourth-order valence-electron chi connectivity index (χ4n) is 3.34. The van der Waals surface area contributed by atoms with Crippen LogP contribution in [-0.4, -0.2) is 49.0 Å². The molecule has 1 saturated heterocycles. The molecule has 0 radical (unpaired) electrons. The van der Waals surface area contributed by atoms with Crippen LogP contribution in [0.3, 0.4) is 0 Å². The molecule has 2 N–H and O–H groups in total. The van der Waals surface area contributed by atoms with Crippen LogP contribution in [0.2, 0.25) is 0 Å². The van der Waals surface area contributed by atoms with E-state index < -0.39 is 29.9 Å². The van der Waals surface area contributed by atoms with Crippen molar-refractivity contribution in [1.29, 1.82) is 0 Å². The molecule has 0 saturated carbocycles. The number of hydrogen-bond acceptors (Lipinski definition) is 5. The first-order valence-electron chi connectivity index (χ1n) is 9.56. The van der Waals surface area contributed by atoms with Crippen molar-refractivity contribution < 1.29 is 23.9 Å². The standard InChI is InChI=1S/C22H25N3O5/c1-22(12-11-15-7-5-4-6-8-15)20(27)25(21(28)24-22)14-19(26)23-17-13-16(29-2)9-10-18(17)30-3/h4-10,13H,11-12,14H2,1-3H3,(H,23,26)(H,24,28)/t22-/m0/s1. The number of carbonyl (C=O) groups excluding carboxylic acids is 3. The van der Waals surface area contributed by atoms with Gasteiger partial charge in [-0.3, -0.25) is 14.5 Å². The molecule has 30 heavy (non-hydrogen) atoms. The Hall–Kier alpha value is -3.55. The van der Waals surface area contributed by atoms with Gasteiger partial charge in [0.05, 0.1) is 19.9 Å². The number of nitrogens with zero attached hydrogens (tertiary/aromatic N) is 1. The smallest absolute Gasteiger partial charge is 0.325 e. The van der Waals surface area contributed by atoms with Gasteiger partial charge in [-0.15, -0.1) is 0 Å². The average molecular weight is 411 g/mol. The van der Waals surface area contributed by atoms with Crippen molar-refractivity contribution in [3.63, 3.8) is 0 Å². The van der Waals surface area contributed by atoms with Crippen LogP contribution in [0, 0.1) is 0 Å². The van der Waals surface area contributed by atoms with Gasteiger partial charge in [0.25, 0.3) is 5.91 Å². The van der Waals surface area contributed by atoms with E-state index in [9.17, 15) is 14.4 Å². The molecule has 1 atom stereocenters. The van der Waals surface area contributed by atoms with E-state index >= 15 is 0 Å². The highest BCUT2D eigenvalue weighted by Crippen LogP contribution is 2.29. The summed E-state index contributed by atoms with van der Waals surface area (Å²) in [4.78, 5) is 38.8. The summed E-state index contributed by atoms with van der Waals surface area (Å²) in [5.41, 5.74) is 0.406. The molecule has 8 nitrogen and oxygen atoms in total. The number of anilines is 1. The summed E-state index contributed by atoms with van der Waals surface area (Å²) in [6.45, 7) is 1.28. The SMILES string of the molecule is COc1ccc(OC)c(NC(=O)CN2C(=O)N[C@@](C)(CCc3ccccc3)C2=O)c1. The van der Waals surface area contributed by atoms with Crippen LogP contribution in [0.25, 0.3) is 0 Å². The molecule has 3 rings (SSSR count). The average Bonchev–Trinajstić information content (AvgIpc) is 2.96. The molecule has 4 amide bonds. The number of urea groups is 1. The molecular formula is C22H25N3O5. The summed E-state index contributed by atoms with van der Waals surface area (Å²) >= 11 is 0. The van der Waals surface area contributed by atoms with Crippen molar-refractivity contribution in [2.24, 2.45) is 0 Å². The van der Waals surface area contributed by atoms with Gasteiger partial charge in [-0.2, -0.15) is 0 Å². The number of imide groups is 1. The number of nitrogens with one attached hydrogen (secondary N) is 2. The molecule has 2 aromatic carbocycles. The highest BCUT2D eigenvalue weighted by molar-refractivity contribution is 6.10. The highest BCUT2D eigenvalue weighted by atomic mass is 16.5. The number of amides is 4. The third-order valence-corrected chi connectivity index (χ3v) is 5.08. The van der Waals surface area contributed by atoms with Crippen LogP contribution < -0.4 is 20.1 Å². The number of benzene rings is 2. The topological polar surface area (TPSA) is 97.0 Å². The molecule has 158 valence electrons. The van der Waals surface area contributed by atoms with Crippen LogP contribution in [0.4, 0.5) is 10.5 Å². The zero-order valence-corrected chi connectivity index (χ0v) is 17.2. The van der Waals surface area contributed by atoms with Gasteiger partial charge in [0, 0.05) is 6.07 Å². The second-order valence-corrected chi connectivity index (χ2v) is 7.25. The van der Waals surface area contributed by atoms with Gasteiger partial charge >= 0.3 is 6.03 Å². The first kappa shape index (κ1) is 21.2. The first-order valence-corrected chi connectivity index (χ1v) is 9.56. The zero-order chi connectivity index (χ0) is 21.7. The van der Waals surface area contributed by atoms with E-state index in [1.807, 2.05) is 30.3 Å². The van der Waals surface area contributed by atoms with Gasteiger partial charge in [0.1, 0.15) is 23.6 Å². The predicted molar refractivity (Wildman–Crippen MR) is 112 cm³/mol. The van der Waals surface area contributed by atoms with Crippen LogP contribution >= 0.6 is 0 Å². The minimum atomic E-state index is -1.05. The van der Waals surface area contributed by atoms with Gasteiger partial charge in [-0.1, -0.05) is 30.3 Å². The Morgan fingerprint density at radius 1 is 1.10 bits per heavy atom. The van der Waals surface area contributed by atoms with Crippen molar-refractivity contribution in [2.45, 2.75) is 25.3 Å². The monoisotopic (exact) mass is 411 g/mol. The summed E-state index contributed by atoms with van der Waals surface area (Å²) in [6, 6.07) is 14.1. The quantitative estimate of drug-likeness (QED) is 0.651. The van der Waals surface area contributed by atoms with Crippen LogP contribution in [0.1, 0.15) is 18.9 Å². The van der Waals surface area contributed by atoms with Crippen LogP contribution in [0.5, 0.6) is 11.5 Å². The molecule has 0 bridgehead atoms. The van der Waals surface area contributed by atoms with Crippen molar-refractivity contribution in [2.75, 3.05) is 26.1 Å². The number of ether oxygens (including phenoxy) is 2. The lowest BCUT2D eigenvalue weighted by molar-refractivity contribution is -0.133. The van der Waals surface area contributed by atoms with E-state index in [0.717, 1.165) is 10.5 Å². The Balaban J connectivity index is 1.66. The summed E-state index contributed by atoms with van der Waals surface area (Å²) in [5.74, 6) is 0.0391. The van der Waals surface area contributed by atoms with Crippen LogP contribution in [0.15, 0.2) is 48.5 Å². The maximum Gasteiger partial charge on any atom is 0.325 e. The van der Waals surface area contributed by atoms with E-state index in [-0.39, 0.29) is 0 Å². The summed E-state index contributed by atoms with van der Waals surface area (Å²) in [6.07, 6.45) is 1.06. The molecule has 1 fully saturated rings. The Morgan fingerprint density at radius 3 is 2.50 bits per heavy atom. The second-order valence-electron chi connectivity index (χ2n) is 7.25. The molecule has 0 spiro atoms. The lowest BCUT2D eigenvalue weighted by Crippen LogP contribution is -2.45. The number of aryl methyl sites for hydroxylation is 1. The van der Waals surface area contributed by atoms with Crippen molar-refractivity contribution in [3.8, 4) is 11.5 Å². The third-order valence-electron chi connectivity index (χ3n) is 5.08. The maximum absolute atomic E-state index is 12.9. The van der Waals surface area contributed by atoms with Crippen molar-refractivity contribution in [3.05, 3.63) is 54.1 Å². The number of hydrogen-bond donors (Lipinski definition) is 2. The van der Waals surface area contributed by atoms with E-state index in [2.05, 4.69) is 10.6 Å². The molecule has 1 aliphatic heterocycles. The summed E-state index contributed by atoms with van der Waals surface area (Å²) < 4.78 is 10.4. The maximum atomic E-state index is 12.9. The second kappa shape index (κ2) is 8.86. The normalized spacial score (nSPS) is 18.2. The van der Waals surface area contributed by atoms with E-state index in [0.29, 0.717) is 30.0 Å². The predicted octanol–water partition coefficient (Wildman–Crippen LogP) is 2.59. The van der Waals surface area contributed by atoms with E-state index in [1.54, 1.807) is 25.1 Å². The molecule has 8 heteroatoms. The first-order chi connectivity index (χ1) is 14.4. The lowest BCUT2D eigenvalue weighted by Gasteiger charge is -2.21. The Labute approximate surface area is 175 Å². The largest absolute Gasteiger partial charge is 0.497 e. The minimum absolute atomic E-state index is 0.390. The zero-order valence-electron chi connectivity index (χ0n) is 17.2. The van der Waals surface area contributed by atoms with E-state index in [1.165, 1.54) is 14.2 Å². The summed E-state index contributed by atoms with van der Waals surface area (Å²) in [5, 5.41) is 5.39. The van der Waals surface area contributed by atoms with Crippen LogP contribution in [-0.2, 0) is 16.0 Å². The van der Waals surface area contributed by atoms with Crippen molar-refractivity contribution in [1.82, 2.24) is 10.2 Å². The van der Waals surface area contributed by atoms with E-state index in [4.69, 9.17) is 9.47 Å². The number of carbonyl (C=O) groups is 3. The minimum Gasteiger partial charge on any atom is -0.497 e. The Morgan fingerprint density at radius 2 is 1.83 bits per heavy atom. The molecule has 0 aliphatic carbocycles. The molecule has 1 aliphatic rings. The molecule has 1 heterocycles. The van der Waals surface area contributed by atoms with Crippen molar-refractivity contribution >= 4 is 23.5 Å². The molecule has 0 aromatic heterocycles. The van der Waals surface area contributed by atoms with Gasteiger partial charge in [-0.05, 0) is 37.5 Å². The number of rotatable bonds is 8. The molecule has 2 aromatic rings. The molecule has 0 unspecified atom stereocenters. The molecular weight excluding hydrogens is 386 g/mol. The Bertz CT molecular complexity index is 947. The fraction of sp³-hybridized carbons (Fsp3) is 0.318. The lowest BCUT2D eigenvalue weighted by atomic mass is 9.93. The fourth-order valence-corrected chi connectivity index (χ4v) is 3.34. The van der Waals surface area contributed by atoms with Gasteiger partial charge in [-0.25, -0.2) is 4.79 Å². The van der Waals surface area contributed by atoms with Gasteiger partial charge < -0.3 is 20.1 Å². The van der Waals surface area contributed by atoms with Gasteiger partial charge in [0.15, 0.2) is 0 Å².